The van der Waals surface area contributed by atoms with Gasteiger partial charge in [0.2, 0.25) is 0 Å². The van der Waals surface area contributed by atoms with Gasteiger partial charge in [-0.1, -0.05) is 6.07 Å². The van der Waals surface area contributed by atoms with Gasteiger partial charge in [-0.15, -0.1) is 0 Å². The summed E-state index contributed by atoms with van der Waals surface area (Å²) in [5, 5.41) is 25.5. The van der Waals surface area contributed by atoms with E-state index in [1.54, 1.807) is 6.07 Å². The van der Waals surface area contributed by atoms with Crippen molar-refractivity contribution in [2.45, 2.75) is 25.8 Å². The van der Waals surface area contributed by atoms with Gasteiger partial charge in [0.1, 0.15) is 18.0 Å². The Bertz CT molecular complexity index is 611. The molecule has 0 radical (unpaired) electrons. The number of nitrogens with one attached hydrogen (secondary N) is 1. The zero-order chi connectivity index (χ0) is 15.5. The fourth-order valence-electron chi connectivity index (χ4n) is 1.80. The summed E-state index contributed by atoms with van der Waals surface area (Å²) in [7, 11) is 0. The topological polar surface area (TPSA) is 70.3 Å². The highest BCUT2D eigenvalue weighted by Crippen LogP contribution is 2.22. The summed E-state index contributed by atoms with van der Waals surface area (Å²) in [6, 6.07) is 5.71. The summed E-state index contributed by atoms with van der Waals surface area (Å²) in [5.74, 6) is -0.0905. The molecule has 5 nitrogen and oxygen atoms in total. The molecule has 8 heteroatoms. The van der Waals surface area contributed by atoms with E-state index >= 15 is 0 Å². The molecule has 0 aliphatic carbocycles. The van der Waals surface area contributed by atoms with Crippen molar-refractivity contribution in [3.8, 4) is 11.5 Å². The summed E-state index contributed by atoms with van der Waals surface area (Å²) < 4.78 is 37.4. The minimum atomic E-state index is -4.30. The molecule has 1 aromatic heterocycles. The van der Waals surface area contributed by atoms with Gasteiger partial charge >= 0.3 is 6.18 Å². The number of rotatable bonds is 5. The van der Waals surface area contributed by atoms with Crippen LogP contribution >= 0.6 is 0 Å². The van der Waals surface area contributed by atoms with Crippen LogP contribution in [0.3, 0.4) is 0 Å². The number of aromatic hydroxyl groups is 2. The lowest BCUT2D eigenvalue weighted by molar-refractivity contribution is -0.142. The van der Waals surface area contributed by atoms with Crippen molar-refractivity contribution in [1.82, 2.24) is 15.1 Å². The molecule has 0 bridgehead atoms. The fourth-order valence-corrected chi connectivity index (χ4v) is 1.80. The molecule has 0 unspecified atom stereocenters. The maximum atomic E-state index is 12.2. The van der Waals surface area contributed by atoms with E-state index in [4.69, 9.17) is 5.11 Å². The van der Waals surface area contributed by atoms with Gasteiger partial charge in [0.25, 0.3) is 0 Å². The van der Waals surface area contributed by atoms with E-state index in [1.807, 2.05) is 0 Å². The lowest BCUT2D eigenvalue weighted by atomic mass is 10.2. The average molecular weight is 301 g/mol. The second kappa shape index (κ2) is 6.04. The zero-order valence-corrected chi connectivity index (χ0v) is 10.9. The molecule has 2 rings (SSSR count). The maximum Gasteiger partial charge on any atom is 0.408 e. The highest BCUT2D eigenvalue weighted by Gasteiger charge is 2.28. The van der Waals surface area contributed by atoms with Crippen LogP contribution in [-0.2, 0) is 19.6 Å². The minimum absolute atomic E-state index is 0.0397. The number of aromatic nitrogens is 2. The molecule has 3 N–H and O–H groups in total. The first-order valence-electron chi connectivity index (χ1n) is 6.14. The van der Waals surface area contributed by atoms with E-state index in [0.29, 0.717) is 17.8 Å². The highest BCUT2D eigenvalue weighted by molar-refractivity contribution is 5.38. The second-order valence-corrected chi connectivity index (χ2v) is 4.54. The fraction of sp³-hybridized carbons (Fsp3) is 0.308. The number of hydrogen-bond acceptors (Lipinski definition) is 4. The van der Waals surface area contributed by atoms with Gasteiger partial charge in [0, 0.05) is 30.9 Å². The Morgan fingerprint density at radius 2 is 1.90 bits per heavy atom. The standard InChI is InChI=1S/C13H14F3N3O2/c14-13(15,16)8-19-4-3-10(18-19)7-17-6-9-1-2-11(20)5-12(9)21/h1-5,17,20-21H,6-8H2. The van der Waals surface area contributed by atoms with Crippen molar-refractivity contribution in [3.63, 3.8) is 0 Å². The number of phenolic OH excluding ortho intramolecular Hbond substituents is 2. The number of nitrogens with zero attached hydrogens (tertiary/aromatic N) is 2. The van der Waals surface area contributed by atoms with Crippen molar-refractivity contribution in [1.29, 1.82) is 0 Å². The quantitative estimate of drug-likeness (QED) is 0.791. The van der Waals surface area contributed by atoms with Crippen LogP contribution < -0.4 is 5.32 Å². The van der Waals surface area contributed by atoms with Gasteiger partial charge in [0.05, 0.1) is 5.69 Å². The summed E-state index contributed by atoms with van der Waals surface area (Å²) >= 11 is 0. The number of hydrogen-bond donors (Lipinski definition) is 3. The van der Waals surface area contributed by atoms with Crippen LogP contribution in [0.1, 0.15) is 11.3 Å². The molecule has 0 saturated heterocycles. The Kier molecular flexibility index (Phi) is 4.37. The van der Waals surface area contributed by atoms with Crippen molar-refractivity contribution >= 4 is 0 Å². The number of alkyl halides is 3. The molecule has 1 heterocycles. The van der Waals surface area contributed by atoms with Crippen LogP contribution in [0.15, 0.2) is 30.5 Å². The molecular formula is C13H14F3N3O2. The molecule has 2 aromatic rings. The number of benzene rings is 1. The van der Waals surface area contributed by atoms with Crippen LogP contribution in [0, 0.1) is 0 Å². The summed E-state index contributed by atoms with van der Waals surface area (Å²) in [5.41, 5.74) is 1.04. The third-order valence-corrected chi connectivity index (χ3v) is 2.73. The smallest absolute Gasteiger partial charge is 0.408 e. The molecule has 0 amide bonds. The lowest BCUT2D eigenvalue weighted by Crippen LogP contribution is -2.19. The molecule has 0 aliphatic heterocycles. The highest BCUT2D eigenvalue weighted by atomic mass is 19.4. The molecule has 0 aliphatic rings. The van der Waals surface area contributed by atoms with Crippen molar-refractivity contribution in [2.24, 2.45) is 0 Å². The van der Waals surface area contributed by atoms with E-state index in [1.165, 1.54) is 24.4 Å². The Morgan fingerprint density at radius 1 is 1.14 bits per heavy atom. The molecule has 1 aromatic carbocycles. The summed E-state index contributed by atoms with van der Waals surface area (Å²) in [4.78, 5) is 0. The molecule has 114 valence electrons. The van der Waals surface area contributed by atoms with E-state index in [9.17, 15) is 18.3 Å². The van der Waals surface area contributed by atoms with Gasteiger partial charge in [-0.25, -0.2) is 0 Å². The Balaban J connectivity index is 1.86. The van der Waals surface area contributed by atoms with Crippen molar-refractivity contribution < 1.29 is 23.4 Å². The Morgan fingerprint density at radius 3 is 2.57 bits per heavy atom. The SMILES string of the molecule is Oc1ccc(CNCc2ccn(CC(F)(F)F)n2)c(O)c1. The molecular weight excluding hydrogens is 287 g/mol. The lowest BCUT2D eigenvalue weighted by Gasteiger charge is -2.07. The monoisotopic (exact) mass is 301 g/mol. The third kappa shape index (κ3) is 4.67. The Labute approximate surface area is 118 Å². The van der Waals surface area contributed by atoms with Crippen molar-refractivity contribution in [3.05, 3.63) is 41.7 Å². The van der Waals surface area contributed by atoms with Crippen LogP contribution in [-0.4, -0.2) is 26.2 Å². The summed E-state index contributed by atoms with van der Waals surface area (Å²) in [6.45, 7) is -0.546. The van der Waals surface area contributed by atoms with Crippen LogP contribution in [0.4, 0.5) is 13.2 Å². The van der Waals surface area contributed by atoms with E-state index in [2.05, 4.69) is 10.4 Å². The van der Waals surface area contributed by atoms with Gasteiger partial charge in [-0.05, 0) is 12.1 Å². The van der Waals surface area contributed by atoms with Crippen LogP contribution in [0.5, 0.6) is 11.5 Å². The largest absolute Gasteiger partial charge is 0.508 e. The second-order valence-electron chi connectivity index (χ2n) is 4.54. The normalized spacial score (nSPS) is 11.8. The molecule has 21 heavy (non-hydrogen) atoms. The maximum absolute atomic E-state index is 12.2. The predicted molar refractivity (Wildman–Crippen MR) is 68.6 cm³/mol. The molecule has 0 fully saturated rings. The van der Waals surface area contributed by atoms with Gasteiger partial charge in [-0.3, -0.25) is 4.68 Å². The van der Waals surface area contributed by atoms with Gasteiger partial charge in [-0.2, -0.15) is 18.3 Å². The average Bonchev–Trinajstić information content (AvgIpc) is 2.77. The first-order chi connectivity index (χ1) is 9.83. The molecule has 0 spiro atoms. The van der Waals surface area contributed by atoms with Crippen LogP contribution in [0.2, 0.25) is 0 Å². The van der Waals surface area contributed by atoms with Gasteiger partial charge in [0.15, 0.2) is 0 Å². The Hall–Kier alpha value is -2.22. The van der Waals surface area contributed by atoms with Crippen LogP contribution in [0.25, 0.3) is 0 Å². The molecule has 0 atom stereocenters. The summed E-state index contributed by atoms with van der Waals surface area (Å²) in [6.07, 6.45) is -3.03. The minimum Gasteiger partial charge on any atom is -0.508 e. The molecule has 0 saturated carbocycles. The number of phenols is 2. The number of halogens is 3. The third-order valence-electron chi connectivity index (χ3n) is 2.73. The first kappa shape index (κ1) is 15.2. The van der Waals surface area contributed by atoms with Gasteiger partial charge < -0.3 is 15.5 Å². The van der Waals surface area contributed by atoms with E-state index in [0.717, 1.165) is 4.68 Å². The zero-order valence-electron chi connectivity index (χ0n) is 10.9. The van der Waals surface area contributed by atoms with E-state index < -0.39 is 12.7 Å². The van der Waals surface area contributed by atoms with E-state index in [-0.39, 0.29) is 18.0 Å². The first-order valence-corrected chi connectivity index (χ1v) is 6.14. The predicted octanol–water partition coefficient (Wildman–Crippen LogP) is 2.15. The van der Waals surface area contributed by atoms with Crippen molar-refractivity contribution in [2.75, 3.05) is 0 Å².